The molecular formula is C16H16N4O3S. The zero-order valence-electron chi connectivity index (χ0n) is 13.1. The summed E-state index contributed by atoms with van der Waals surface area (Å²) in [5.74, 6) is -0.121. The first-order chi connectivity index (χ1) is 11.6. The van der Waals surface area contributed by atoms with Gasteiger partial charge in [0.05, 0.1) is 13.1 Å². The first-order valence-electron chi connectivity index (χ1n) is 7.66. The summed E-state index contributed by atoms with van der Waals surface area (Å²) in [7, 11) is 1.71. The Hall–Kier alpha value is -2.48. The molecule has 2 amide bonds. The minimum Gasteiger partial charge on any atom is -0.439 e. The van der Waals surface area contributed by atoms with Gasteiger partial charge in [-0.2, -0.15) is 0 Å². The molecular weight excluding hydrogens is 328 g/mol. The number of ether oxygens (including phenoxy) is 1. The van der Waals surface area contributed by atoms with Gasteiger partial charge in [0.2, 0.25) is 0 Å². The molecule has 2 aliphatic rings. The van der Waals surface area contributed by atoms with Gasteiger partial charge in [0.15, 0.2) is 5.60 Å². The van der Waals surface area contributed by atoms with Crippen LogP contribution in [0.2, 0.25) is 0 Å². The fraction of sp³-hybridized carbons (Fsp3) is 0.375. The second-order valence-corrected chi connectivity index (χ2v) is 7.02. The number of aromatic nitrogens is 2. The van der Waals surface area contributed by atoms with E-state index in [1.807, 2.05) is 12.1 Å². The third-order valence-corrected chi connectivity index (χ3v) is 5.27. The van der Waals surface area contributed by atoms with Gasteiger partial charge >= 0.3 is 6.09 Å². The molecule has 0 bridgehead atoms. The van der Waals surface area contributed by atoms with Crippen molar-refractivity contribution in [2.24, 2.45) is 0 Å². The van der Waals surface area contributed by atoms with Gasteiger partial charge in [0.25, 0.3) is 5.91 Å². The summed E-state index contributed by atoms with van der Waals surface area (Å²) in [5, 5.41) is 2.54. The maximum atomic E-state index is 12.7. The van der Waals surface area contributed by atoms with Crippen LogP contribution in [-0.4, -0.2) is 64.1 Å². The molecule has 0 aromatic carbocycles. The summed E-state index contributed by atoms with van der Waals surface area (Å²) in [6, 6.07) is 3.76. The molecule has 2 aromatic rings. The molecule has 7 nitrogen and oxygen atoms in total. The van der Waals surface area contributed by atoms with Crippen molar-refractivity contribution < 1.29 is 14.3 Å². The van der Waals surface area contributed by atoms with E-state index in [-0.39, 0.29) is 12.0 Å². The zero-order chi connectivity index (χ0) is 16.7. The molecule has 2 aromatic heterocycles. The third-order valence-electron chi connectivity index (χ3n) is 4.38. The number of likely N-dealkylation sites (tertiary alicyclic amines) is 1. The molecule has 2 saturated heterocycles. The molecule has 2 fully saturated rings. The monoisotopic (exact) mass is 344 g/mol. The first kappa shape index (κ1) is 15.1. The number of nitrogens with zero attached hydrogens (tertiary/aromatic N) is 4. The molecule has 1 unspecified atom stereocenters. The predicted molar refractivity (Wildman–Crippen MR) is 87.7 cm³/mol. The summed E-state index contributed by atoms with van der Waals surface area (Å²) in [6.07, 6.45) is 3.77. The normalized spacial score (nSPS) is 23.1. The smallest absolute Gasteiger partial charge is 0.410 e. The molecule has 2 aliphatic heterocycles. The van der Waals surface area contributed by atoms with Crippen molar-refractivity contribution in [1.82, 2.24) is 19.8 Å². The van der Waals surface area contributed by atoms with Crippen LogP contribution in [0.5, 0.6) is 0 Å². The minimum absolute atomic E-state index is 0.121. The van der Waals surface area contributed by atoms with Gasteiger partial charge in [-0.05, 0) is 12.1 Å². The van der Waals surface area contributed by atoms with Crippen LogP contribution in [0.1, 0.15) is 16.9 Å². The van der Waals surface area contributed by atoms with E-state index in [0.29, 0.717) is 31.7 Å². The van der Waals surface area contributed by atoms with Crippen LogP contribution in [0, 0.1) is 0 Å². The van der Waals surface area contributed by atoms with E-state index in [2.05, 4.69) is 9.97 Å². The van der Waals surface area contributed by atoms with Crippen LogP contribution in [-0.2, 0) is 4.74 Å². The molecule has 0 aliphatic carbocycles. The Kier molecular flexibility index (Phi) is 3.49. The average Bonchev–Trinajstić information content (AvgIpc) is 3.28. The fourth-order valence-electron chi connectivity index (χ4n) is 3.18. The van der Waals surface area contributed by atoms with E-state index in [1.54, 1.807) is 34.6 Å². The fourth-order valence-corrected chi connectivity index (χ4v) is 3.96. The van der Waals surface area contributed by atoms with Crippen LogP contribution >= 0.6 is 11.3 Å². The van der Waals surface area contributed by atoms with Gasteiger partial charge in [0, 0.05) is 43.4 Å². The average molecular weight is 344 g/mol. The van der Waals surface area contributed by atoms with E-state index in [9.17, 15) is 9.59 Å². The second-order valence-electron chi connectivity index (χ2n) is 6.16. The summed E-state index contributed by atoms with van der Waals surface area (Å²) < 4.78 is 5.48. The summed E-state index contributed by atoms with van der Waals surface area (Å²) >= 11 is 1.42. The molecule has 1 atom stereocenters. The van der Waals surface area contributed by atoms with Crippen molar-refractivity contribution in [1.29, 1.82) is 0 Å². The molecule has 8 heteroatoms. The Morgan fingerprint density at radius 1 is 1.42 bits per heavy atom. The number of carbonyl (C=O) groups excluding carboxylic acids is 2. The Bertz CT molecular complexity index is 794. The maximum Gasteiger partial charge on any atom is 0.410 e. The minimum atomic E-state index is -0.566. The molecule has 0 N–H and O–H groups in total. The molecule has 124 valence electrons. The third kappa shape index (κ3) is 2.52. The lowest BCUT2D eigenvalue weighted by Crippen LogP contribution is -2.39. The van der Waals surface area contributed by atoms with Crippen LogP contribution in [0.15, 0.2) is 29.9 Å². The van der Waals surface area contributed by atoms with Crippen molar-refractivity contribution in [2.75, 3.05) is 26.7 Å². The molecule has 0 radical (unpaired) electrons. The van der Waals surface area contributed by atoms with Crippen molar-refractivity contribution in [3.05, 3.63) is 35.6 Å². The summed E-state index contributed by atoms with van der Waals surface area (Å²) in [5.41, 5.74) is 0.753. The SMILES string of the molecule is CN1CC2(CCN(C(=O)c3csc(-c4cccnc4)n3)C2)OC1=O. The summed E-state index contributed by atoms with van der Waals surface area (Å²) in [4.78, 5) is 36.1. The number of hydrogen-bond acceptors (Lipinski definition) is 6. The van der Waals surface area contributed by atoms with Gasteiger partial charge in [-0.3, -0.25) is 9.78 Å². The van der Waals surface area contributed by atoms with Gasteiger partial charge in [-0.1, -0.05) is 0 Å². The predicted octanol–water partition coefficient (Wildman–Crippen LogP) is 1.87. The van der Waals surface area contributed by atoms with Crippen LogP contribution in [0.4, 0.5) is 4.79 Å². The van der Waals surface area contributed by atoms with E-state index in [1.165, 1.54) is 11.3 Å². The highest BCUT2D eigenvalue weighted by Gasteiger charge is 2.49. The van der Waals surface area contributed by atoms with Gasteiger partial charge < -0.3 is 14.5 Å². The number of hydrogen-bond donors (Lipinski definition) is 0. The molecule has 24 heavy (non-hydrogen) atoms. The van der Waals surface area contributed by atoms with E-state index >= 15 is 0 Å². The molecule has 4 heterocycles. The van der Waals surface area contributed by atoms with Gasteiger partial charge in [0.1, 0.15) is 10.7 Å². The van der Waals surface area contributed by atoms with Crippen LogP contribution in [0.25, 0.3) is 10.6 Å². The van der Waals surface area contributed by atoms with Crippen molar-refractivity contribution in [3.63, 3.8) is 0 Å². The topological polar surface area (TPSA) is 75.6 Å². The largest absolute Gasteiger partial charge is 0.439 e. The van der Waals surface area contributed by atoms with Crippen LogP contribution < -0.4 is 0 Å². The Labute approximate surface area is 142 Å². The number of thiazole rings is 1. The lowest BCUT2D eigenvalue weighted by atomic mass is 10.0. The lowest BCUT2D eigenvalue weighted by molar-refractivity contribution is 0.0551. The van der Waals surface area contributed by atoms with Crippen molar-refractivity contribution in [2.45, 2.75) is 12.0 Å². The van der Waals surface area contributed by atoms with Gasteiger partial charge in [-0.15, -0.1) is 11.3 Å². The number of carbonyl (C=O) groups is 2. The quantitative estimate of drug-likeness (QED) is 0.831. The maximum absolute atomic E-state index is 12.7. The highest BCUT2D eigenvalue weighted by Crippen LogP contribution is 2.33. The number of amides is 2. The van der Waals surface area contributed by atoms with Crippen LogP contribution in [0.3, 0.4) is 0 Å². The standard InChI is InChI=1S/C16H16N4O3S/c1-19-9-16(23-15(19)22)4-6-20(10-16)14(21)12-8-24-13(18-12)11-3-2-5-17-7-11/h2-3,5,7-8H,4,6,9-10H2,1H3. The van der Waals surface area contributed by atoms with Crippen molar-refractivity contribution >= 4 is 23.3 Å². The highest BCUT2D eigenvalue weighted by atomic mass is 32.1. The molecule has 1 spiro atoms. The number of pyridine rings is 1. The Balaban J connectivity index is 1.49. The Morgan fingerprint density at radius 3 is 3.00 bits per heavy atom. The number of rotatable bonds is 2. The summed E-state index contributed by atoms with van der Waals surface area (Å²) in [6.45, 7) is 1.51. The number of likely N-dealkylation sites (N-methyl/N-ethyl adjacent to an activating group) is 1. The molecule has 4 rings (SSSR count). The molecule has 0 saturated carbocycles. The zero-order valence-corrected chi connectivity index (χ0v) is 14.0. The van der Waals surface area contributed by atoms with Crippen molar-refractivity contribution in [3.8, 4) is 10.6 Å². The van der Waals surface area contributed by atoms with E-state index in [4.69, 9.17) is 4.74 Å². The Morgan fingerprint density at radius 2 is 2.29 bits per heavy atom. The lowest BCUT2D eigenvalue weighted by Gasteiger charge is -2.21. The highest BCUT2D eigenvalue weighted by molar-refractivity contribution is 7.13. The van der Waals surface area contributed by atoms with E-state index in [0.717, 1.165) is 10.6 Å². The van der Waals surface area contributed by atoms with Gasteiger partial charge in [-0.25, -0.2) is 9.78 Å². The van der Waals surface area contributed by atoms with E-state index < -0.39 is 5.60 Å². The second kappa shape index (κ2) is 5.55. The first-order valence-corrected chi connectivity index (χ1v) is 8.54.